The molecular weight excluding hydrogens is 1220 g/mol. The van der Waals surface area contributed by atoms with Crippen LogP contribution in [-0.4, -0.2) is 96.7 Å². The van der Waals surface area contributed by atoms with Gasteiger partial charge in [-0.1, -0.05) is 319 Å². The highest BCUT2D eigenvalue weighted by Gasteiger charge is 2.30. The third-order valence-corrected chi connectivity index (χ3v) is 19.7. The second kappa shape index (κ2) is 63.5. The van der Waals surface area contributed by atoms with E-state index in [4.69, 9.17) is 37.0 Å². The van der Waals surface area contributed by atoms with Crippen LogP contribution in [-0.2, 0) is 65.4 Å². The number of phosphoric ester groups is 2. The maximum absolute atomic E-state index is 13.1. The first-order valence-electron chi connectivity index (χ1n) is 38.3. The van der Waals surface area contributed by atoms with Crippen LogP contribution in [0.5, 0.6) is 0 Å². The SMILES string of the molecule is CCC(C)CCCCCCCCC(=O)OC[C@H](COP(=O)(O)OC[C@H](O)COP(=O)(O)OC[C@@H](COC(=O)CCCCCCCCCCCCCC(C)C)OC(=O)CCCCCCCCCCCCCCCCCCC(C)C)OC(=O)CCCCCCCCC(C)CC. The van der Waals surface area contributed by atoms with E-state index in [0.717, 1.165) is 120 Å². The lowest BCUT2D eigenvalue weighted by Crippen LogP contribution is -2.30. The van der Waals surface area contributed by atoms with Crippen molar-refractivity contribution in [3.05, 3.63) is 0 Å². The number of unbranched alkanes of at least 4 members (excludes halogenated alkanes) is 35. The summed E-state index contributed by atoms with van der Waals surface area (Å²) in [6.07, 6.45) is 47.3. The molecule has 4 unspecified atom stereocenters. The van der Waals surface area contributed by atoms with Gasteiger partial charge in [0.25, 0.3) is 0 Å². The second-order valence-corrected chi connectivity index (χ2v) is 31.0. The summed E-state index contributed by atoms with van der Waals surface area (Å²) in [4.78, 5) is 72.7. The number of hydrogen-bond acceptors (Lipinski definition) is 15. The Kier molecular flexibility index (Phi) is 62.2. The van der Waals surface area contributed by atoms with Crippen molar-refractivity contribution in [1.29, 1.82) is 0 Å². The molecule has 0 amide bonds. The molecule has 0 aromatic rings. The number of carbonyl (C=O) groups excluding carboxylic acids is 4. The first-order valence-corrected chi connectivity index (χ1v) is 41.3. The molecular formula is C74H144O17P2. The molecule has 0 heterocycles. The first kappa shape index (κ1) is 91.1. The van der Waals surface area contributed by atoms with Gasteiger partial charge in [0.2, 0.25) is 0 Å². The molecule has 93 heavy (non-hydrogen) atoms. The predicted molar refractivity (Wildman–Crippen MR) is 377 cm³/mol. The molecule has 552 valence electrons. The van der Waals surface area contributed by atoms with Gasteiger partial charge in [0.1, 0.15) is 19.3 Å². The highest BCUT2D eigenvalue weighted by Crippen LogP contribution is 2.45. The summed E-state index contributed by atoms with van der Waals surface area (Å²) in [6.45, 7) is 14.1. The molecule has 0 rings (SSSR count). The lowest BCUT2D eigenvalue weighted by atomic mass is 10.00. The van der Waals surface area contributed by atoms with Crippen molar-refractivity contribution in [2.45, 2.75) is 388 Å². The average Bonchev–Trinajstić information content (AvgIpc) is 1.58. The quantitative estimate of drug-likeness (QED) is 0.0222. The summed E-state index contributed by atoms with van der Waals surface area (Å²) in [5, 5.41) is 10.6. The summed E-state index contributed by atoms with van der Waals surface area (Å²) in [7, 11) is -9.91. The minimum Gasteiger partial charge on any atom is -0.462 e. The Labute approximate surface area is 568 Å². The molecule has 0 saturated heterocycles. The maximum Gasteiger partial charge on any atom is 0.472 e. The Balaban J connectivity index is 5.23. The van der Waals surface area contributed by atoms with Gasteiger partial charge in [-0.2, -0.15) is 0 Å². The number of rotatable bonds is 71. The van der Waals surface area contributed by atoms with E-state index in [9.17, 15) is 43.2 Å². The van der Waals surface area contributed by atoms with Crippen LogP contribution in [0.1, 0.15) is 370 Å². The molecule has 0 saturated carbocycles. The van der Waals surface area contributed by atoms with Crippen molar-refractivity contribution < 1.29 is 80.2 Å². The van der Waals surface area contributed by atoms with Crippen molar-refractivity contribution in [2.75, 3.05) is 39.6 Å². The Hall–Kier alpha value is -1.94. The van der Waals surface area contributed by atoms with Crippen LogP contribution in [0.15, 0.2) is 0 Å². The largest absolute Gasteiger partial charge is 0.472 e. The third-order valence-electron chi connectivity index (χ3n) is 17.8. The lowest BCUT2D eigenvalue weighted by molar-refractivity contribution is -0.161. The van der Waals surface area contributed by atoms with Crippen molar-refractivity contribution in [3.63, 3.8) is 0 Å². The number of aliphatic hydroxyl groups is 1. The molecule has 19 heteroatoms. The van der Waals surface area contributed by atoms with Crippen molar-refractivity contribution in [1.82, 2.24) is 0 Å². The van der Waals surface area contributed by atoms with Gasteiger partial charge in [0.15, 0.2) is 12.2 Å². The maximum atomic E-state index is 13.1. The Bertz CT molecular complexity index is 1840. The zero-order chi connectivity index (χ0) is 68.9. The van der Waals surface area contributed by atoms with Gasteiger partial charge in [-0.05, 0) is 49.4 Å². The highest BCUT2D eigenvalue weighted by molar-refractivity contribution is 7.47. The molecule has 0 aliphatic rings. The minimum atomic E-state index is -4.96. The second-order valence-electron chi connectivity index (χ2n) is 28.1. The molecule has 7 atom stereocenters. The summed E-state index contributed by atoms with van der Waals surface area (Å²) >= 11 is 0. The van der Waals surface area contributed by atoms with Crippen LogP contribution in [0.25, 0.3) is 0 Å². The number of ether oxygens (including phenoxy) is 4. The molecule has 17 nitrogen and oxygen atoms in total. The Morgan fingerprint density at radius 3 is 0.763 bits per heavy atom. The van der Waals surface area contributed by atoms with E-state index in [1.165, 1.54) is 167 Å². The molecule has 3 N–H and O–H groups in total. The van der Waals surface area contributed by atoms with Gasteiger partial charge in [-0.25, -0.2) is 9.13 Å². The smallest absolute Gasteiger partial charge is 0.462 e. The molecule has 0 aliphatic heterocycles. The minimum absolute atomic E-state index is 0.102. The molecule has 0 spiro atoms. The van der Waals surface area contributed by atoms with Gasteiger partial charge < -0.3 is 33.8 Å². The number of carbonyl (C=O) groups is 4. The van der Waals surface area contributed by atoms with Crippen LogP contribution in [0, 0.1) is 23.7 Å². The van der Waals surface area contributed by atoms with Crippen molar-refractivity contribution in [2.24, 2.45) is 23.7 Å². The standard InChI is InChI=1S/C74H144O17P2/c1-9-66(7)52-44-36-30-32-39-47-55-72(77)85-61-70(91-74(79)57-49-41-33-31-37-45-53-67(8)10-2)63-89-93(82,83)87-59-68(75)58-86-92(80,81)88-62-69(60-84-71(76)54-46-38-28-24-21-17-19-23-27-35-43-51-65(5)6)90-73(78)56-48-40-29-25-20-16-14-12-11-13-15-18-22-26-34-42-50-64(3)4/h64-70,75H,9-63H2,1-8H3,(H,80,81)(H,82,83)/t66?,67?,68-,69-,70-/m1/s1. The van der Waals surface area contributed by atoms with Crippen LogP contribution in [0.3, 0.4) is 0 Å². The number of esters is 4. The van der Waals surface area contributed by atoms with E-state index in [1.807, 2.05) is 0 Å². The van der Waals surface area contributed by atoms with Crippen LogP contribution >= 0.6 is 15.6 Å². The van der Waals surface area contributed by atoms with Gasteiger partial charge in [0.05, 0.1) is 26.4 Å². The predicted octanol–water partition coefficient (Wildman–Crippen LogP) is 21.3. The van der Waals surface area contributed by atoms with E-state index in [0.29, 0.717) is 25.7 Å². The van der Waals surface area contributed by atoms with Gasteiger partial charge in [-0.3, -0.25) is 37.3 Å². The zero-order valence-electron chi connectivity index (χ0n) is 60.9. The van der Waals surface area contributed by atoms with Gasteiger partial charge in [0, 0.05) is 25.7 Å². The van der Waals surface area contributed by atoms with E-state index < -0.39 is 97.5 Å². The lowest BCUT2D eigenvalue weighted by Gasteiger charge is -2.21. The van der Waals surface area contributed by atoms with E-state index in [-0.39, 0.29) is 25.7 Å². The van der Waals surface area contributed by atoms with Crippen molar-refractivity contribution >= 4 is 39.5 Å². The van der Waals surface area contributed by atoms with Crippen LogP contribution in [0.2, 0.25) is 0 Å². The monoisotopic (exact) mass is 1370 g/mol. The number of phosphoric acid groups is 2. The van der Waals surface area contributed by atoms with Gasteiger partial charge >= 0.3 is 39.5 Å². The highest BCUT2D eigenvalue weighted by atomic mass is 31.2. The average molecular weight is 1370 g/mol. The fourth-order valence-electron chi connectivity index (χ4n) is 11.1. The van der Waals surface area contributed by atoms with Gasteiger partial charge in [-0.15, -0.1) is 0 Å². The topological polar surface area (TPSA) is 237 Å². The normalized spacial score (nSPS) is 14.8. The molecule has 0 radical (unpaired) electrons. The summed E-state index contributed by atoms with van der Waals surface area (Å²) in [5.41, 5.74) is 0. The summed E-state index contributed by atoms with van der Waals surface area (Å²) in [6, 6.07) is 0. The van der Waals surface area contributed by atoms with Crippen molar-refractivity contribution in [3.8, 4) is 0 Å². The third kappa shape index (κ3) is 65.8. The van der Waals surface area contributed by atoms with E-state index >= 15 is 0 Å². The fourth-order valence-corrected chi connectivity index (χ4v) is 12.7. The van der Waals surface area contributed by atoms with E-state index in [2.05, 4.69) is 55.4 Å². The Morgan fingerprint density at radius 1 is 0.301 bits per heavy atom. The number of aliphatic hydroxyl groups excluding tert-OH is 1. The van der Waals surface area contributed by atoms with Crippen LogP contribution in [0.4, 0.5) is 0 Å². The first-order chi connectivity index (χ1) is 44.7. The molecule has 0 aliphatic carbocycles. The molecule has 0 aromatic carbocycles. The summed E-state index contributed by atoms with van der Waals surface area (Å²) in [5.74, 6) is 0.904. The zero-order valence-corrected chi connectivity index (χ0v) is 62.7. The Morgan fingerprint density at radius 2 is 0.516 bits per heavy atom. The molecule has 0 bridgehead atoms. The molecule has 0 fully saturated rings. The number of hydrogen-bond donors (Lipinski definition) is 3. The fraction of sp³-hybridized carbons (Fsp3) is 0.946. The van der Waals surface area contributed by atoms with Crippen LogP contribution < -0.4 is 0 Å². The molecule has 0 aromatic heterocycles. The summed E-state index contributed by atoms with van der Waals surface area (Å²) < 4.78 is 68.4. The van der Waals surface area contributed by atoms with E-state index in [1.54, 1.807) is 0 Å².